The number of hydrogen-bond donors (Lipinski definition) is 0. The molecule has 0 aliphatic carbocycles. The molecule has 17 heavy (non-hydrogen) atoms. The number of aryl methyl sites for hydroxylation is 1. The Kier molecular flexibility index (Phi) is 3.68. The highest BCUT2D eigenvalue weighted by Crippen LogP contribution is 2.09. The van der Waals surface area contributed by atoms with Crippen molar-refractivity contribution in [2.24, 2.45) is 0 Å². The van der Waals surface area contributed by atoms with E-state index in [0.717, 1.165) is 0 Å². The van der Waals surface area contributed by atoms with Gasteiger partial charge in [-0.05, 0) is 24.3 Å². The van der Waals surface area contributed by atoms with Gasteiger partial charge in [-0.3, -0.25) is 9.36 Å². The van der Waals surface area contributed by atoms with Crippen LogP contribution in [-0.4, -0.2) is 14.9 Å². The van der Waals surface area contributed by atoms with E-state index >= 15 is 0 Å². The minimum Gasteiger partial charge on any atom is -0.269 e. The molecule has 2 rings (SSSR count). The van der Waals surface area contributed by atoms with E-state index in [4.69, 9.17) is 0 Å². The normalized spacial score (nSPS) is 10.5. The Morgan fingerprint density at radius 3 is 2.59 bits per heavy atom. The van der Waals surface area contributed by atoms with E-state index in [-0.39, 0.29) is 11.4 Å². The Balaban J connectivity index is 2.57. The largest absolute Gasteiger partial charge is 0.269 e. The average Bonchev–Trinajstić information content (AvgIpc) is 2.32. The van der Waals surface area contributed by atoms with Crippen LogP contribution in [0.1, 0.15) is 5.82 Å². The topological polar surface area (TPSA) is 34.9 Å². The minimum atomic E-state index is -0.326. The second kappa shape index (κ2) is 5.23. The summed E-state index contributed by atoms with van der Waals surface area (Å²) < 4.78 is 14.3. The van der Waals surface area contributed by atoms with Gasteiger partial charge in [0.2, 0.25) is 0 Å². The predicted octanol–water partition coefficient (Wildman–Crippen LogP) is 2.31. The fourth-order valence-electron chi connectivity index (χ4n) is 1.57. The first-order valence-corrected chi connectivity index (χ1v) is 6.23. The van der Waals surface area contributed by atoms with Gasteiger partial charge in [-0.25, -0.2) is 9.37 Å². The number of alkyl halides is 1. The summed E-state index contributed by atoms with van der Waals surface area (Å²) in [7, 11) is 0. The molecule has 1 aromatic carbocycles. The van der Waals surface area contributed by atoms with E-state index in [1.165, 1.54) is 29.0 Å². The summed E-state index contributed by atoms with van der Waals surface area (Å²) in [4.78, 5) is 16.0. The van der Waals surface area contributed by atoms with Crippen molar-refractivity contribution in [1.82, 2.24) is 9.55 Å². The zero-order valence-electron chi connectivity index (χ0n) is 8.94. The molecule has 0 spiro atoms. The van der Waals surface area contributed by atoms with Gasteiger partial charge in [-0.1, -0.05) is 15.9 Å². The standard InChI is InChI=1S/C12H10BrFN2O/c13-7-5-11-15-8-6-12(17)16(11)10-3-1-9(14)2-4-10/h1-4,6,8H,5,7H2. The maximum atomic E-state index is 12.8. The Labute approximate surface area is 106 Å². The van der Waals surface area contributed by atoms with Crippen molar-refractivity contribution in [2.75, 3.05) is 5.33 Å². The number of hydrogen-bond acceptors (Lipinski definition) is 2. The first kappa shape index (κ1) is 12.0. The lowest BCUT2D eigenvalue weighted by Crippen LogP contribution is -2.22. The Bertz CT molecular complexity index is 565. The summed E-state index contributed by atoms with van der Waals surface area (Å²) >= 11 is 3.31. The summed E-state index contributed by atoms with van der Waals surface area (Å²) in [5, 5.41) is 0.713. The van der Waals surface area contributed by atoms with Gasteiger partial charge in [0.1, 0.15) is 11.6 Å². The lowest BCUT2D eigenvalue weighted by atomic mass is 10.3. The molecule has 1 heterocycles. The van der Waals surface area contributed by atoms with E-state index in [1.54, 1.807) is 12.1 Å². The first-order valence-electron chi connectivity index (χ1n) is 5.11. The Hall–Kier alpha value is -1.49. The molecule has 2 aromatic rings. The van der Waals surface area contributed by atoms with Crippen molar-refractivity contribution >= 4 is 15.9 Å². The van der Waals surface area contributed by atoms with Crippen LogP contribution in [0.3, 0.4) is 0 Å². The highest BCUT2D eigenvalue weighted by atomic mass is 79.9. The predicted molar refractivity (Wildman–Crippen MR) is 67.3 cm³/mol. The maximum Gasteiger partial charge on any atom is 0.258 e. The molecule has 0 amide bonds. The SMILES string of the molecule is O=c1ccnc(CCBr)n1-c1ccc(F)cc1. The van der Waals surface area contributed by atoms with Gasteiger partial charge in [-0.2, -0.15) is 0 Å². The molecule has 0 saturated heterocycles. The summed E-state index contributed by atoms with van der Waals surface area (Å²) in [5.41, 5.74) is 0.461. The molecule has 0 N–H and O–H groups in total. The molecule has 0 aliphatic heterocycles. The zero-order chi connectivity index (χ0) is 12.3. The Morgan fingerprint density at radius 1 is 1.24 bits per heavy atom. The minimum absolute atomic E-state index is 0.164. The first-order chi connectivity index (χ1) is 8.22. The van der Waals surface area contributed by atoms with Crippen LogP contribution in [0.5, 0.6) is 0 Å². The van der Waals surface area contributed by atoms with Crippen LogP contribution >= 0.6 is 15.9 Å². The van der Waals surface area contributed by atoms with E-state index in [9.17, 15) is 9.18 Å². The molecule has 0 fully saturated rings. The molecule has 88 valence electrons. The van der Waals surface area contributed by atoms with Gasteiger partial charge < -0.3 is 0 Å². The van der Waals surface area contributed by atoms with E-state index in [0.29, 0.717) is 23.3 Å². The van der Waals surface area contributed by atoms with Crippen LogP contribution in [0.15, 0.2) is 41.3 Å². The molecule has 0 saturated carbocycles. The molecular weight excluding hydrogens is 287 g/mol. The fourth-order valence-corrected chi connectivity index (χ4v) is 1.93. The summed E-state index contributed by atoms with van der Waals surface area (Å²) in [6.45, 7) is 0. The molecule has 0 aliphatic rings. The molecule has 1 aromatic heterocycles. The quantitative estimate of drug-likeness (QED) is 0.815. The summed E-state index contributed by atoms with van der Waals surface area (Å²) in [6, 6.07) is 7.17. The van der Waals surface area contributed by atoms with Crippen molar-refractivity contribution in [3.8, 4) is 5.69 Å². The zero-order valence-corrected chi connectivity index (χ0v) is 10.5. The second-order valence-electron chi connectivity index (χ2n) is 3.45. The third kappa shape index (κ3) is 2.61. The van der Waals surface area contributed by atoms with Crippen molar-refractivity contribution in [3.63, 3.8) is 0 Å². The van der Waals surface area contributed by atoms with Crippen molar-refractivity contribution in [3.05, 3.63) is 58.5 Å². The van der Waals surface area contributed by atoms with Gasteiger partial charge in [0.05, 0.1) is 5.69 Å². The number of rotatable bonds is 3. The lowest BCUT2D eigenvalue weighted by molar-refractivity contribution is 0.627. The molecule has 0 unspecified atom stereocenters. The van der Waals surface area contributed by atoms with Crippen LogP contribution in [0.25, 0.3) is 5.69 Å². The van der Waals surface area contributed by atoms with Crippen LogP contribution in [0.2, 0.25) is 0 Å². The highest BCUT2D eigenvalue weighted by Gasteiger charge is 2.06. The lowest BCUT2D eigenvalue weighted by Gasteiger charge is -2.10. The van der Waals surface area contributed by atoms with E-state index in [2.05, 4.69) is 20.9 Å². The fraction of sp³-hybridized carbons (Fsp3) is 0.167. The smallest absolute Gasteiger partial charge is 0.258 e. The van der Waals surface area contributed by atoms with E-state index in [1.807, 2.05) is 0 Å². The summed E-state index contributed by atoms with van der Waals surface area (Å²) in [6.07, 6.45) is 2.12. The van der Waals surface area contributed by atoms with E-state index < -0.39 is 0 Å². The number of nitrogens with zero attached hydrogens (tertiary/aromatic N) is 2. The highest BCUT2D eigenvalue weighted by molar-refractivity contribution is 9.09. The number of aromatic nitrogens is 2. The van der Waals surface area contributed by atoms with Gasteiger partial charge in [-0.15, -0.1) is 0 Å². The maximum absolute atomic E-state index is 12.8. The van der Waals surface area contributed by atoms with Gasteiger partial charge in [0.25, 0.3) is 5.56 Å². The third-order valence-electron chi connectivity index (χ3n) is 2.32. The van der Waals surface area contributed by atoms with Gasteiger partial charge >= 0.3 is 0 Å². The third-order valence-corrected chi connectivity index (χ3v) is 2.72. The monoisotopic (exact) mass is 296 g/mol. The molecule has 5 heteroatoms. The van der Waals surface area contributed by atoms with Gasteiger partial charge in [0.15, 0.2) is 0 Å². The van der Waals surface area contributed by atoms with Gasteiger partial charge in [0, 0.05) is 24.0 Å². The number of benzene rings is 1. The summed E-state index contributed by atoms with van der Waals surface area (Å²) in [5.74, 6) is 0.328. The van der Waals surface area contributed by atoms with Crippen molar-refractivity contribution in [2.45, 2.75) is 6.42 Å². The molecule has 3 nitrogen and oxygen atoms in total. The average molecular weight is 297 g/mol. The number of halogens is 2. The van der Waals surface area contributed by atoms with Crippen molar-refractivity contribution in [1.29, 1.82) is 0 Å². The molecule has 0 radical (unpaired) electrons. The molecule has 0 atom stereocenters. The second-order valence-corrected chi connectivity index (χ2v) is 4.24. The van der Waals surface area contributed by atoms with Crippen LogP contribution in [-0.2, 0) is 6.42 Å². The van der Waals surface area contributed by atoms with Crippen LogP contribution < -0.4 is 5.56 Å². The molecular formula is C12H10BrFN2O. The Morgan fingerprint density at radius 2 is 1.94 bits per heavy atom. The van der Waals surface area contributed by atoms with Crippen molar-refractivity contribution < 1.29 is 4.39 Å². The van der Waals surface area contributed by atoms with Crippen LogP contribution in [0, 0.1) is 5.82 Å². The van der Waals surface area contributed by atoms with Crippen LogP contribution in [0.4, 0.5) is 4.39 Å². The molecule has 0 bridgehead atoms.